The molecule has 5 rings (SSSR count). The standard InChI is InChI=1S/C13H16N2O4/c1-5-8-9(5)13(11(17)19-3)7-4-6(7)12(8,14-15-13)10(16)18-2/h5-9H,4H2,1-3H3/t5?,6-,7+,8+,9-,12-,13+. The number of carbonyl (C=O) groups is 2. The van der Waals surface area contributed by atoms with E-state index in [9.17, 15) is 9.59 Å². The molecular formula is C13H16N2O4. The van der Waals surface area contributed by atoms with Gasteiger partial charge in [0.2, 0.25) is 0 Å². The number of hydrogen-bond acceptors (Lipinski definition) is 6. The molecule has 5 aliphatic rings. The van der Waals surface area contributed by atoms with Gasteiger partial charge in [-0.05, 0) is 12.3 Å². The highest BCUT2D eigenvalue weighted by Crippen LogP contribution is 2.78. The molecule has 0 spiro atoms. The van der Waals surface area contributed by atoms with Crippen LogP contribution in [0.4, 0.5) is 0 Å². The molecule has 0 aromatic rings. The fourth-order valence-electron chi connectivity index (χ4n) is 4.90. The molecule has 2 heterocycles. The Hall–Kier alpha value is -1.46. The molecule has 3 aliphatic carbocycles. The van der Waals surface area contributed by atoms with Crippen molar-refractivity contribution >= 4 is 11.9 Å². The van der Waals surface area contributed by atoms with E-state index in [4.69, 9.17) is 9.47 Å². The van der Waals surface area contributed by atoms with Crippen molar-refractivity contribution in [3.63, 3.8) is 0 Å². The Morgan fingerprint density at radius 2 is 1.42 bits per heavy atom. The molecule has 3 fully saturated rings. The summed E-state index contributed by atoms with van der Waals surface area (Å²) in [6.45, 7) is 2.06. The number of hydrogen-bond donors (Lipinski definition) is 0. The van der Waals surface area contributed by atoms with Crippen molar-refractivity contribution < 1.29 is 19.1 Å². The zero-order valence-electron chi connectivity index (χ0n) is 11.1. The minimum absolute atomic E-state index is 0.0836. The Kier molecular flexibility index (Phi) is 1.79. The maximum absolute atomic E-state index is 12.2. The Bertz CT molecular complexity index is 489. The van der Waals surface area contributed by atoms with Gasteiger partial charge in [-0.1, -0.05) is 6.92 Å². The van der Waals surface area contributed by atoms with Gasteiger partial charge in [0.1, 0.15) is 0 Å². The first kappa shape index (κ1) is 11.4. The van der Waals surface area contributed by atoms with Crippen LogP contribution in [0.1, 0.15) is 13.3 Å². The highest BCUT2D eigenvalue weighted by atomic mass is 16.5. The number of azo groups is 1. The lowest BCUT2D eigenvalue weighted by Gasteiger charge is -2.41. The van der Waals surface area contributed by atoms with Crippen LogP contribution in [-0.2, 0) is 19.1 Å². The van der Waals surface area contributed by atoms with Gasteiger partial charge < -0.3 is 9.47 Å². The van der Waals surface area contributed by atoms with Gasteiger partial charge in [-0.25, -0.2) is 9.59 Å². The second-order valence-corrected chi connectivity index (χ2v) is 6.19. The molecule has 0 radical (unpaired) electrons. The lowest BCUT2D eigenvalue weighted by molar-refractivity contribution is -0.159. The molecule has 102 valence electrons. The summed E-state index contributed by atoms with van der Waals surface area (Å²) in [5, 5.41) is 8.57. The van der Waals surface area contributed by atoms with Crippen molar-refractivity contribution in [3.8, 4) is 0 Å². The number of ether oxygens (including phenoxy) is 2. The first-order chi connectivity index (χ1) is 9.05. The predicted octanol–water partition coefficient (Wildman–Crippen LogP) is 0.808. The molecule has 0 saturated heterocycles. The summed E-state index contributed by atoms with van der Waals surface area (Å²) < 4.78 is 9.92. The highest BCUT2D eigenvalue weighted by Gasteiger charge is 2.88. The van der Waals surface area contributed by atoms with E-state index in [0.29, 0.717) is 0 Å². The van der Waals surface area contributed by atoms with Crippen LogP contribution in [0.2, 0.25) is 0 Å². The van der Waals surface area contributed by atoms with Gasteiger partial charge in [-0.15, -0.1) is 0 Å². The van der Waals surface area contributed by atoms with E-state index in [1.165, 1.54) is 14.2 Å². The van der Waals surface area contributed by atoms with E-state index in [0.717, 1.165) is 6.42 Å². The minimum atomic E-state index is -0.820. The molecule has 6 nitrogen and oxygen atoms in total. The van der Waals surface area contributed by atoms with Crippen LogP contribution in [0, 0.1) is 29.6 Å². The first-order valence-electron chi connectivity index (χ1n) is 6.66. The van der Waals surface area contributed by atoms with Crippen LogP contribution in [0.15, 0.2) is 10.2 Å². The van der Waals surface area contributed by atoms with Gasteiger partial charge in [0.05, 0.1) is 14.2 Å². The predicted molar refractivity (Wildman–Crippen MR) is 62.1 cm³/mol. The van der Waals surface area contributed by atoms with Crippen LogP contribution in [0.25, 0.3) is 0 Å². The number of esters is 2. The van der Waals surface area contributed by atoms with Gasteiger partial charge >= 0.3 is 11.9 Å². The fourth-order valence-corrected chi connectivity index (χ4v) is 4.90. The molecule has 3 saturated carbocycles. The second kappa shape index (κ2) is 2.99. The van der Waals surface area contributed by atoms with Gasteiger partial charge in [0.25, 0.3) is 0 Å². The fraction of sp³-hybridized carbons (Fsp3) is 0.846. The zero-order valence-corrected chi connectivity index (χ0v) is 11.1. The molecule has 0 N–H and O–H groups in total. The monoisotopic (exact) mass is 264 g/mol. The van der Waals surface area contributed by atoms with Crippen LogP contribution in [0.3, 0.4) is 0 Å². The molecule has 19 heavy (non-hydrogen) atoms. The van der Waals surface area contributed by atoms with E-state index >= 15 is 0 Å². The molecule has 0 amide bonds. The zero-order chi connectivity index (χ0) is 13.6. The lowest BCUT2D eigenvalue weighted by Crippen LogP contribution is -2.58. The number of carbonyl (C=O) groups excluding carboxylic acids is 2. The number of methoxy groups -OCH3 is 2. The van der Waals surface area contributed by atoms with Crippen molar-refractivity contribution in [2.45, 2.75) is 24.4 Å². The number of rotatable bonds is 2. The third-order valence-electron chi connectivity index (χ3n) is 5.72. The summed E-state index contributed by atoms with van der Waals surface area (Å²) in [6.07, 6.45) is 0.816. The lowest BCUT2D eigenvalue weighted by atomic mass is 9.71. The maximum Gasteiger partial charge on any atom is 0.336 e. The third kappa shape index (κ3) is 0.923. The van der Waals surface area contributed by atoms with Crippen LogP contribution in [0.5, 0.6) is 0 Å². The van der Waals surface area contributed by atoms with Gasteiger partial charge in [0, 0.05) is 23.7 Å². The SMILES string of the molecule is COC(=O)[C@]12N=N[C@](C(=O)OC)([C@@H]3C[C@@H]31)[C@H]1C(C)[C@H]12. The van der Waals surface area contributed by atoms with Crippen molar-refractivity contribution in [3.05, 3.63) is 0 Å². The second-order valence-electron chi connectivity index (χ2n) is 6.19. The average molecular weight is 264 g/mol. The van der Waals surface area contributed by atoms with Crippen LogP contribution in [-0.4, -0.2) is 37.2 Å². The smallest absolute Gasteiger partial charge is 0.336 e. The summed E-state index contributed by atoms with van der Waals surface area (Å²) >= 11 is 0. The van der Waals surface area contributed by atoms with Crippen LogP contribution >= 0.6 is 0 Å². The Labute approximate surface area is 110 Å². The quantitative estimate of drug-likeness (QED) is 0.691. The van der Waals surface area contributed by atoms with Gasteiger partial charge in [-0.3, -0.25) is 0 Å². The van der Waals surface area contributed by atoms with E-state index in [1.54, 1.807) is 0 Å². The molecule has 7 atom stereocenters. The summed E-state index contributed by atoms with van der Waals surface area (Å²) in [7, 11) is 2.78. The van der Waals surface area contributed by atoms with Gasteiger partial charge in [0.15, 0.2) is 11.1 Å². The summed E-state index contributed by atoms with van der Waals surface area (Å²) in [5.74, 6) is 0.0506. The van der Waals surface area contributed by atoms with Crippen molar-refractivity contribution in [2.24, 2.45) is 39.8 Å². The number of nitrogens with zero attached hydrogens (tertiary/aromatic N) is 2. The van der Waals surface area contributed by atoms with E-state index in [-0.39, 0.29) is 41.5 Å². The maximum atomic E-state index is 12.2. The van der Waals surface area contributed by atoms with E-state index in [2.05, 4.69) is 17.2 Å². The van der Waals surface area contributed by atoms with Gasteiger partial charge in [-0.2, -0.15) is 10.2 Å². The minimum Gasteiger partial charge on any atom is -0.467 e. The molecule has 6 heteroatoms. The summed E-state index contributed by atoms with van der Waals surface area (Å²) in [4.78, 5) is 24.4. The Morgan fingerprint density at radius 1 is 1.00 bits per heavy atom. The van der Waals surface area contributed by atoms with Crippen molar-refractivity contribution in [1.29, 1.82) is 0 Å². The molecule has 1 unspecified atom stereocenters. The Morgan fingerprint density at radius 3 is 1.79 bits per heavy atom. The highest BCUT2D eigenvalue weighted by molar-refractivity contribution is 5.90. The largest absolute Gasteiger partial charge is 0.467 e. The summed E-state index contributed by atoms with van der Waals surface area (Å²) in [6, 6.07) is 0. The molecular weight excluding hydrogens is 248 g/mol. The van der Waals surface area contributed by atoms with Crippen molar-refractivity contribution in [1.82, 2.24) is 0 Å². The van der Waals surface area contributed by atoms with E-state index < -0.39 is 11.1 Å². The Balaban J connectivity index is 1.87. The van der Waals surface area contributed by atoms with E-state index in [1.807, 2.05) is 0 Å². The van der Waals surface area contributed by atoms with Crippen LogP contribution < -0.4 is 0 Å². The summed E-state index contributed by atoms with van der Waals surface area (Å²) in [5.41, 5.74) is -1.64. The molecule has 0 aromatic carbocycles. The average Bonchev–Trinajstić information content (AvgIpc) is 3.33. The molecule has 0 aromatic heterocycles. The molecule has 2 bridgehead atoms. The molecule has 2 aliphatic heterocycles. The van der Waals surface area contributed by atoms with Crippen molar-refractivity contribution in [2.75, 3.05) is 14.2 Å². The third-order valence-corrected chi connectivity index (χ3v) is 5.72. The topological polar surface area (TPSA) is 77.3 Å². The first-order valence-corrected chi connectivity index (χ1v) is 6.66. The normalized spacial score (nSPS) is 55.0.